The van der Waals surface area contributed by atoms with Gasteiger partial charge in [0.25, 0.3) is 0 Å². The number of halogens is 3. The summed E-state index contributed by atoms with van der Waals surface area (Å²) in [5.74, 6) is 2.24. The van der Waals surface area contributed by atoms with E-state index in [0.717, 1.165) is 16.5 Å². The molecule has 4 aromatic rings. The van der Waals surface area contributed by atoms with Gasteiger partial charge in [0.1, 0.15) is 0 Å². The van der Waals surface area contributed by atoms with Gasteiger partial charge in [-0.15, -0.1) is 6.92 Å². The van der Waals surface area contributed by atoms with Crippen LogP contribution in [0.1, 0.15) is 90.5 Å². The molecule has 4 heteroatoms. The Morgan fingerprint density at radius 2 is 1.31 bits per heavy atom. The van der Waals surface area contributed by atoms with Gasteiger partial charge in [-0.25, -0.2) is 18.1 Å². The quantitative estimate of drug-likeness (QED) is 0.177. The molecule has 0 nitrogen and oxygen atoms in total. The molecule has 0 radical (unpaired) electrons. The van der Waals surface area contributed by atoms with Crippen LogP contribution in [0.2, 0.25) is 10.0 Å². The van der Waals surface area contributed by atoms with E-state index in [9.17, 15) is 0 Å². The van der Waals surface area contributed by atoms with Crippen molar-refractivity contribution in [2.45, 2.75) is 74.7 Å². The zero-order chi connectivity index (χ0) is 36.1. The molecule has 0 heterocycles. The van der Waals surface area contributed by atoms with E-state index in [2.05, 4.69) is 91.8 Å². The van der Waals surface area contributed by atoms with Crippen LogP contribution < -0.4 is 12.4 Å². The zero-order valence-corrected chi connectivity index (χ0v) is 36.0. The van der Waals surface area contributed by atoms with Crippen molar-refractivity contribution >= 4 is 32.0 Å². The maximum atomic E-state index is 5.86. The molecule has 266 valence electrons. The van der Waals surface area contributed by atoms with Gasteiger partial charge in [-0.2, -0.15) is 29.3 Å². The van der Waals surface area contributed by atoms with Gasteiger partial charge in [-0.05, 0) is 40.6 Å². The van der Waals surface area contributed by atoms with E-state index in [1.807, 2.05) is 78.9 Å². The molecule has 2 unspecified atom stereocenters. The van der Waals surface area contributed by atoms with Crippen LogP contribution in [0.25, 0.3) is 5.57 Å². The molecule has 8 rings (SSSR count). The second-order valence-corrected chi connectivity index (χ2v) is 18.2. The van der Waals surface area contributed by atoms with Crippen LogP contribution in [0.4, 0.5) is 0 Å². The van der Waals surface area contributed by atoms with Crippen molar-refractivity contribution in [2.75, 3.05) is 0 Å². The number of rotatable bonds is 2. The third-order valence-corrected chi connectivity index (χ3v) is 15.5. The Balaban J connectivity index is 0.000000192. The molecule has 1 fully saturated rings. The first kappa shape index (κ1) is 39.9. The molecule has 51 heavy (non-hydrogen) atoms. The molecule has 0 saturated heterocycles. The monoisotopic (exact) mass is 809 g/mol. The Hall–Kier alpha value is -2.28. The van der Waals surface area contributed by atoms with Crippen molar-refractivity contribution in [1.29, 1.82) is 0 Å². The molecule has 0 aliphatic heterocycles. The standard InChI is InChI=1S/C29H37.C13H8Cl2.C5H5.ClH.Zr/c1-18-25-22-17-19-13-9-10-14-20(19)24(22)21-15-11-12-16-23(21)29(25,8)28(6,7)27(4,5)26(18,2)3;14-12-5-1-10(2-6-12)9-11-3-7-13(15)8-4-11;1-2-4-5-3-1;;/h9-11,13-15,23H,12,16-17H2,1-8H3;1-8H;1-5H;1H;/q-1;;-1;;/p-1. The van der Waals surface area contributed by atoms with Crippen LogP contribution in [0.15, 0.2) is 132 Å². The van der Waals surface area contributed by atoms with Crippen molar-refractivity contribution < 1.29 is 36.6 Å². The van der Waals surface area contributed by atoms with E-state index in [-0.39, 0.29) is 34.1 Å². The molecule has 4 aliphatic carbocycles. The fourth-order valence-corrected chi connectivity index (χ4v) is 10.4. The van der Waals surface area contributed by atoms with E-state index < -0.39 is 0 Å². The fourth-order valence-electron chi connectivity index (χ4n) is 9.29. The number of allylic oxidation sites excluding steroid dienone is 6. The second kappa shape index (κ2) is 15.2. The molecule has 0 amide bonds. The average molecular weight is 813 g/mol. The summed E-state index contributed by atoms with van der Waals surface area (Å²) in [6.45, 7) is 20.3. The van der Waals surface area contributed by atoms with Gasteiger partial charge in [0.15, 0.2) is 0 Å². The minimum Gasteiger partial charge on any atom is -1.00 e. The first-order valence-electron chi connectivity index (χ1n) is 18.0. The first-order valence-corrected chi connectivity index (χ1v) is 20.0. The van der Waals surface area contributed by atoms with Crippen LogP contribution >= 0.6 is 23.2 Å². The molecule has 0 spiro atoms. The normalized spacial score (nSPS) is 22.8. The first-order chi connectivity index (χ1) is 23.6. The fraction of sp³-hybridized carbons (Fsp3) is 0.340. The number of fused-ring (bicyclic) bond motifs is 6. The van der Waals surface area contributed by atoms with Crippen molar-refractivity contribution in [2.24, 2.45) is 27.6 Å². The minimum atomic E-state index is 0. The predicted octanol–water partition coefficient (Wildman–Crippen LogP) is 10.5. The maximum absolute atomic E-state index is 5.86. The zero-order valence-electron chi connectivity index (χ0n) is 31.3. The van der Waals surface area contributed by atoms with Crippen LogP contribution in [0.3, 0.4) is 0 Å². The third-order valence-electron chi connectivity index (χ3n) is 13.6. The van der Waals surface area contributed by atoms with E-state index >= 15 is 0 Å². The van der Waals surface area contributed by atoms with E-state index in [1.54, 1.807) is 28.2 Å². The summed E-state index contributed by atoms with van der Waals surface area (Å²) in [4.78, 5) is 0. The van der Waals surface area contributed by atoms with Gasteiger partial charge in [-0.1, -0.05) is 113 Å². The SMILES string of the molecule is C[C-]1C2=C3Cc4ccccc4C3=C3C=CCCC3C2(C)C(C)(C)C(C)(C)C1(C)C.Clc1ccc([C](=[Zr])c2ccc(Cl)cc2)cc1.[Cl-].c1cc[cH-]c1. The molecule has 4 aliphatic rings. The van der Waals surface area contributed by atoms with Crippen molar-refractivity contribution in [1.82, 2.24) is 0 Å². The topological polar surface area (TPSA) is 0 Å². The summed E-state index contributed by atoms with van der Waals surface area (Å²) in [6.07, 6.45) is 8.50. The smallest absolute Gasteiger partial charge is 0.172 e. The summed E-state index contributed by atoms with van der Waals surface area (Å²) >= 11 is 13.1. The number of benzene rings is 3. The Morgan fingerprint density at radius 3 is 1.84 bits per heavy atom. The van der Waals surface area contributed by atoms with E-state index in [4.69, 9.17) is 23.2 Å². The molecule has 0 N–H and O–H groups in total. The van der Waals surface area contributed by atoms with E-state index in [1.165, 1.54) is 62.5 Å². The third kappa shape index (κ3) is 6.73. The van der Waals surface area contributed by atoms with Gasteiger partial charge >= 0.3 is 120 Å². The molecule has 0 bridgehead atoms. The molecule has 2 atom stereocenters. The number of hydrogen-bond donors (Lipinski definition) is 0. The average Bonchev–Trinajstić information content (AvgIpc) is 3.81. The van der Waals surface area contributed by atoms with E-state index in [0.29, 0.717) is 5.92 Å². The Morgan fingerprint density at radius 1 is 0.765 bits per heavy atom. The van der Waals surface area contributed by atoms with Crippen molar-refractivity contribution in [3.63, 3.8) is 0 Å². The van der Waals surface area contributed by atoms with Crippen LogP contribution in [0.5, 0.6) is 0 Å². The summed E-state index contributed by atoms with van der Waals surface area (Å²) in [5, 5.41) is 1.53. The second-order valence-electron chi connectivity index (χ2n) is 16.1. The van der Waals surface area contributed by atoms with Gasteiger partial charge in [-0.3, -0.25) is 0 Å². The summed E-state index contributed by atoms with van der Waals surface area (Å²) in [6, 6.07) is 35.0. The van der Waals surface area contributed by atoms with Crippen molar-refractivity contribution in [3.8, 4) is 0 Å². The molecular weight excluding hydrogens is 762 g/mol. The molecular formula is C47H50Cl3Zr-3. The van der Waals surface area contributed by atoms with Gasteiger partial charge in [0, 0.05) is 0 Å². The van der Waals surface area contributed by atoms with Gasteiger partial charge < -0.3 is 12.4 Å². The molecule has 4 aromatic carbocycles. The van der Waals surface area contributed by atoms with Gasteiger partial charge in [0.05, 0.1) is 0 Å². The predicted molar refractivity (Wildman–Crippen MR) is 212 cm³/mol. The van der Waals surface area contributed by atoms with Crippen LogP contribution in [-0.2, 0) is 30.7 Å². The van der Waals surface area contributed by atoms with Gasteiger partial charge in [0.2, 0.25) is 0 Å². The molecule has 0 aromatic heterocycles. The van der Waals surface area contributed by atoms with Crippen LogP contribution in [0, 0.1) is 33.5 Å². The summed E-state index contributed by atoms with van der Waals surface area (Å²) in [5.41, 5.74) is 12.7. The van der Waals surface area contributed by atoms with Crippen LogP contribution in [-0.4, -0.2) is 3.21 Å². The molecule has 1 saturated carbocycles. The summed E-state index contributed by atoms with van der Waals surface area (Å²) in [7, 11) is 0. The Kier molecular flexibility index (Phi) is 11.9. The number of hydrogen-bond acceptors (Lipinski definition) is 0. The maximum Gasteiger partial charge on any atom is -0.172 e. The summed E-state index contributed by atoms with van der Waals surface area (Å²) < 4.78 is 1.31. The Bertz CT molecular complexity index is 1890. The largest absolute Gasteiger partial charge is 1.00 e. The Labute approximate surface area is 338 Å². The minimum absolute atomic E-state index is 0. The van der Waals surface area contributed by atoms with Crippen molar-refractivity contribution in [3.05, 3.63) is 170 Å².